The van der Waals surface area contributed by atoms with Gasteiger partial charge >= 0.3 is 0 Å². The predicted octanol–water partition coefficient (Wildman–Crippen LogP) is 3.22. The molecule has 1 fully saturated rings. The lowest BCUT2D eigenvalue weighted by Crippen LogP contribution is -2.20. The second kappa shape index (κ2) is 5.71. The molecule has 0 N–H and O–H groups in total. The lowest BCUT2D eigenvalue weighted by atomic mass is 9.98. The summed E-state index contributed by atoms with van der Waals surface area (Å²) in [4.78, 5) is 10.8. The first-order valence-electron chi connectivity index (χ1n) is 6.13. The monoisotopic (exact) mass is 234 g/mol. The number of aldehydes is 1. The van der Waals surface area contributed by atoms with Crippen LogP contribution >= 0.6 is 0 Å². The van der Waals surface area contributed by atoms with Crippen LogP contribution in [0.4, 0.5) is 0 Å². The summed E-state index contributed by atoms with van der Waals surface area (Å²) in [6.07, 6.45) is 7.02. The van der Waals surface area contributed by atoms with Gasteiger partial charge in [0.25, 0.3) is 0 Å². The van der Waals surface area contributed by atoms with Gasteiger partial charge in [-0.15, -0.1) is 0 Å². The molecule has 0 radical (unpaired) electrons. The zero-order chi connectivity index (χ0) is 12.1. The fourth-order valence-electron chi connectivity index (χ4n) is 2.22. The fraction of sp³-hybridized carbons (Fsp3) is 0.500. The van der Waals surface area contributed by atoms with Gasteiger partial charge in [-0.2, -0.15) is 0 Å². The number of hydrogen-bond acceptors (Lipinski definition) is 3. The Hall–Kier alpha value is -1.51. The minimum Gasteiger partial charge on any atom is -0.493 e. The summed E-state index contributed by atoms with van der Waals surface area (Å²) in [5.41, 5.74) is 0.622. The number of benzene rings is 1. The van der Waals surface area contributed by atoms with Crippen molar-refractivity contribution in [3.63, 3.8) is 0 Å². The highest BCUT2D eigenvalue weighted by Crippen LogP contribution is 2.31. The molecular formula is C14H18O3. The van der Waals surface area contributed by atoms with Crippen LogP contribution in [0.15, 0.2) is 18.2 Å². The first kappa shape index (κ1) is 12.0. The average molecular weight is 234 g/mol. The molecule has 1 aliphatic carbocycles. The lowest BCUT2D eigenvalue weighted by molar-refractivity contribution is 0.112. The molecule has 0 aliphatic heterocycles. The minimum atomic E-state index is 0.263. The highest BCUT2D eigenvalue weighted by Gasteiger charge is 2.17. The van der Waals surface area contributed by atoms with Crippen molar-refractivity contribution in [2.24, 2.45) is 0 Å². The molecule has 0 spiro atoms. The van der Waals surface area contributed by atoms with Crippen LogP contribution in [0.25, 0.3) is 0 Å². The third-order valence-corrected chi connectivity index (χ3v) is 3.17. The van der Waals surface area contributed by atoms with Gasteiger partial charge in [-0.25, -0.2) is 0 Å². The summed E-state index contributed by atoms with van der Waals surface area (Å²) in [7, 11) is 1.61. The second-order valence-electron chi connectivity index (χ2n) is 4.41. The van der Waals surface area contributed by atoms with Crippen molar-refractivity contribution in [3.8, 4) is 11.5 Å². The molecule has 1 aromatic carbocycles. The van der Waals surface area contributed by atoms with E-state index >= 15 is 0 Å². The van der Waals surface area contributed by atoms with Crippen molar-refractivity contribution >= 4 is 6.29 Å². The van der Waals surface area contributed by atoms with E-state index in [9.17, 15) is 4.79 Å². The van der Waals surface area contributed by atoms with Gasteiger partial charge in [-0.3, -0.25) is 4.79 Å². The number of carbonyl (C=O) groups excluding carboxylic acids is 1. The molecule has 1 aliphatic rings. The summed E-state index contributed by atoms with van der Waals surface area (Å²) in [6.45, 7) is 0. The predicted molar refractivity (Wildman–Crippen MR) is 65.9 cm³/mol. The standard InChI is InChI=1S/C14H18O3/c1-16-13-8-7-11(10-15)9-14(13)17-12-5-3-2-4-6-12/h7-10,12H,2-6H2,1H3. The van der Waals surface area contributed by atoms with Crippen LogP contribution in [-0.2, 0) is 0 Å². The smallest absolute Gasteiger partial charge is 0.162 e. The van der Waals surface area contributed by atoms with Gasteiger partial charge in [0.2, 0.25) is 0 Å². The van der Waals surface area contributed by atoms with E-state index in [4.69, 9.17) is 9.47 Å². The molecule has 0 unspecified atom stereocenters. The van der Waals surface area contributed by atoms with E-state index in [0.29, 0.717) is 17.1 Å². The van der Waals surface area contributed by atoms with Crippen LogP contribution in [-0.4, -0.2) is 19.5 Å². The first-order valence-corrected chi connectivity index (χ1v) is 6.13. The number of hydrogen-bond donors (Lipinski definition) is 0. The zero-order valence-electron chi connectivity index (χ0n) is 10.1. The van der Waals surface area contributed by atoms with E-state index in [1.165, 1.54) is 19.3 Å². The molecule has 0 heterocycles. The third-order valence-electron chi connectivity index (χ3n) is 3.17. The molecule has 1 aromatic rings. The van der Waals surface area contributed by atoms with Crippen molar-refractivity contribution in [1.82, 2.24) is 0 Å². The summed E-state index contributed by atoms with van der Waals surface area (Å²) in [5, 5.41) is 0. The van der Waals surface area contributed by atoms with Crippen LogP contribution in [0.1, 0.15) is 42.5 Å². The van der Waals surface area contributed by atoms with Gasteiger partial charge in [-0.1, -0.05) is 6.42 Å². The average Bonchev–Trinajstić information content (AvgIpc) is 2.40. The molecule has 0 atom stereocenters. The minimum absolute atomic E-state index is 0.263. The van der Waals surface area contributed by atoms with Crippen LogP contribution in [0.3, 0.4) is 0 Å². The Morgan fingerprint density at radius 2 is 1.94 bits per heavy atom. The highest BCUT2D eigenvalue weighted by atomic mass is 16.5. The molecule has 3 nitrogen and oxygen atoms in total. The molecule has 3 heteroatoms. The van der Waals surface area contributed by atoms with E-state index < -0.39 is 0 Å². The molecular weight excluding hydrogens is 216 g/mol. The zero-order valence-corrected chi connectivity index (χ0v) is 10.1. The highest BCUT2D eigenvalue weighted by molar-refractivity contribution is 5.76. The maximum Gasteiger partial charge on any atom is 0.162 e. The Morgan fingerprint density at radius 1 is 1.18 bits per heavy atom. The normalized spacial score (nSPS) is 16.5. The third kappa shape index (κ3) is 2.99. The SMILES string of the molecule is COc1ccc(C=O)cc1OC1CCCCC1. The molecule has 17 heavy (non-hydrogen) atoms. The number of methoxy groups -OCH3 is 1. The van der Waals surface area contributed by atoms with Crippen LogP contribution in [0.5, 0.6) is 11.5 Å². The Morgan fingerprint density at radius 3 is 2.59 bits per heavy atom. The molecule has 0 amide bonds. The molecule has 0 saturated heterocycles. The van der Waals surface area contributed by atoms with Gasteiger partial charge < -0.3 is 9.47 Å². The van der Waals surface area contributed by atoms with E-state index in [2.05, 4.69) is 0 Å². The summed E-state index contributed by atoms with van der Waals surface area (Å²) < 4.78 is 11.2. The van der Waals surface area contributed by atoms with Crippen LogP contribution < -0.4 is 9.47 Å². The Balaban J connectivity index is 2.13. The van der Waals surface area contributed by atoms with E-state index in [1.807, 2.05) is 0 Å². The Kier molecular flexibility index (Phi) is 4.02. The molecule has 1 saturated carbocycles. The van der Waals surface area contributed by atoms with Crippen LogP contribution in [0, 0.1) is 0 Å². The first-order chi connectivity index (χ1) is 8.33. The summed E-state index contributed by atoms with van der Waals surface area (Å²) >= 11 is 0. The quantitative estimate of drug-likeness (QED) is 0.750. The van der Waals surface area contributed by atoms with Crippen molar-refractivity contribution < 1.29 is 14.3 Å². The molecule has 0 bridgehead atoms. The lowest BCUT2D eigenvalue weighted by Gasteiger charge is -2.24. The van der Waals surface area contributed by atoms with Gasteiger partial charge in [-0.05, 0) is 43.9 Å². The van der Waals surface area contributed by atoms with E-state index in [0.717, 1.165) is 19.1 Å². The topological polar surface area (TPSA) is 35.5 Å². The maximum absolute atomic E-state index is 10.8. The number of carbonyl (C=O) groups is 1. The maximum atomic E-state index is 10.8. The van der Waals surface area contributed by atoms with Gasteiger partial charge in [0.1, 0.15) is 6.29 Å². The van der Waals surface area contributed by atoms with Gasteiger partial charge in [0, 0.05) is 5.56 Å². The summed E-state index contributed by atoms with van der Waals surface area (Å²) in [5.74, 6) is 1.38. The van der Waals surface area contributed by atoms with Gasteiger partial charge in [0.05, 0.1) is 13.2 Å². The van der Waals surface area contributed by atoms with E-state index in [-0.39, 0.29) is 6.10 Å². The van der Waals surface area contributed by atoms with Crippen molar-refractivity contribution in [2.75, 3.05) is 7.11 Å². The Labute approximate surface area is 102 Å². The van der Waals surface area contributed by atoms with E-state index in [1.54, 1.807) is 25.3 Å². The van der Waals surface area contributed by atoms with Gasteiger partial charge in [0.15, 0.2) is 11.5 Å². The second-order valence-corrected chi connectivity index (χ2v) is 4.41. The molecule has 0 aromatic heterocycles. The number of rotatable bonds is 4. The molecule has 2 rings (SSSR count). The van der Waals surface area contributed by atoms with Crippen molar-refractivity contribution in [2.45, 2.75) is 38.2 Å². The Bertz CT molecular complexity index is 381. The summed E-state index contributed by atoms with van der Waals surface area (Å²) in [6, 6.07) is 5.27. The largest absolute Gasteiger partial charge is 0.493 e. The van der Waals surface area contributed by atoms with Crippen molar-refractivity contribution in [3.05, 3.63) is 23.8 Å². The molecule has 92 valence electrons. The van der Waals surface area contributed by atoms with Crippen molar-refractivity contribution in [1.29, 1.82) is 0 Å². The fourth-order valence-corrected chi connectivity index (χ4v) is 2.22. The number of ether oxygens (including phenoxy) is 2. The van der Waals surface area contributed by atoms with Crippen LogP contribution in [0.2, 0.25) is 0 Å².